The maximum Gasteiger partial charge on any atom is 0.316 e. The van der Waals surface area contributed by atoms with Crippen molar-refractivity contribution in [3.8, 4) is 0 Å². The van der Waals surface area contributed by atoms with E-state index in [9.17, 15) is 9.59 Å². The lowest BCUT2D eigenvalue weighted by atomic mass is 10.2. The minimum atomic E-state index is -0.487. The highest BCUT2D eigenvalue weighted by molar-refractivity contribution is 7.99. The molecule has 0 aliphatic carbocycles. The highest BCUT2D eigenvalue weighted by Gasteiger charge is 2.15. The summed E-state index contributed by atoms with van der Waals surface area (Å²) in [5.41, 5.74) is 3.58. The van der Waals surface area contributed by atoms with E-state index in [1.165, 1.54) is 11.8 Å². The molecule has 0 radical (unpaired) electrons. The number of halogens is 1. The number of amides is 1. The Labute approximate surface area is 194 Å². The lowest BCUT2D eigenvalue weighted by Gasteiger charge is -2.09. The third-order valence-electron chi connectivity index (χ3n) is 4.61. The van der Waals surface area contributed by atoms with Crippen LogP contribution in [0.2, 0.25) is 5.02 Å². The molecular formula is C24H20ClN3O3S. The molecule has 1 amide bonds. The summed E-state index contributed by atoms with van der Waals surface area (Å²) in [6.45, 7) is 0.282. The Morgan fingerprint density at radius 1 is 0.969 bits per heavy atom. The number of aromatic nitrogens is 2. The Hall–Kier alpha value is -3.29. The van der Waals surface area contributed by atoms with Gasteiger partial charge in [-0.15, -0.1) is 0 Å². The van der Waals surface area contributed by atoms with Gasteiger partial charge in [0.05, 0.1) is 23.3 Å². The van der Waals surface area contributed by atoms with Crippen LogP contribution in [0.5, 0.6) is 0 Å². The van der Waals surface area contributed by atoms with Crippen molar-refractivity contribution in [2.75, 3.05) is 17.7 Å². The molecule has 8 heteroatoms. The molecule has 0 aliphatic rings. The first-order valence-electron chi connectivity index (χ1n) is 9.91. The Balaban J connectivity index is 1.36. The molecule has 4 aromatic rings. The van der Waals surface area contributed by atoms with Crippen molar-refractivity contribution in [1.29, 1.82) is 0 Å². The summed E-state index contributed by atoms with van der Waals surface area (Å²) in [6.07, 6.45) is 0. The van der Waals surface area contributed by atoms with E-state index in [2.05, 4.69) is 27.0 Å². The summed E-state index contributed by atoms with van der Waals surface area (Å²) in [4.78, 5) is 28.9. The van der Waals surface area contributed by atoms with Crippen LogP contribution in [0.4, 0.5) is 5.69 Å². The van der Waals surface area contributed by atoms with Crippen molar-refractivity contribution in [2.45, 2.75) is 11.7 Å². The van der Waals surface area contributed by atoms with Gasteiger partial charge >= 0.3 is 5.97 Å². The van der Waals surface area contributed by atoms with Crippen molar-refractivity contribution < 1.29 is 14.3 Å². The summed E-state index contributed by atoms with van der Waals surface area (Å²) >= 11 is 7.12. The summed E-state index contributed by atoms with van der Waals surface area (Å²) < 4.78 is 7.20. The maximum atomic E-state index is 12.2. The van der Waals surface area contributed by atoms with Gasteiger partial charge in [0, 0.05) is 10.7 Å². The molecule has 0 bridgehead atoms. The van der Waals surface area contributed by atoms with Crippen LogP contribution in [0, 0.1) is 0 Å². The third-order valence-corrected chi connectivity index (χ3v) is 5.82. The van der Waals surface area contributed by atoms with Gasteiger partial charge in [0.25, 0.3) is 5.91 Å². The average molecular weight is 466 g/mol. The fourth-order valence-electron chi connectivity index (χ4n) is 3.12. The first-order chi connectivity index (χ1) is 15.6. The van der Waals surface area contributed by atoms with Crippen LogP contribution in [0.3, 0.4) is 0 Å². The predicted octanol–water partition coefficient (Wildman–Crippen LogP) is 5.01. The standard InChI is InChI=1S/C24H20ClN3O3S/c25-18-10-12-19(13-11-18)26-22(29)15-31-23(30)16-32-24-27-20-8-4-5-9-21(20)28(24)14-17-6-2-1-3-7-17/h1-13H,14-16H2,(H,26,29). The Morgan fingerprint density at radius 2 is 1.69 bits per heavy atom. The number of nitrogens with one attached hydrogen (secondary N) is 1. The molecule has 1 N–H and O–H groups in total. The van der Waals surface area contributed by atoms with Crippen LogP contribution >= 0.6 is 23.4 Å². The minimum Gasteiger partial charge on any atom is -0.455 e. The van der Waals surface area contributed by atoms with E-state index in [0.29, 0.717) is 17.3 Å². The number of esters is 1. The van der Waals surface area contributed by atoms with Crippen LogP contribution < -0.4 is 5.32 Å². The molecule has 0 atom stereocenters. The number of thioether (sulfide) groups is 1. The summed E-state index contributed by atoms with van der Waals surface area (Å²) in [5.74, 6) is -0.853. The van der Waals surface area contributed by atoms with Gasteiger partial charge in [0.2, 0.25) is 0 Å². The molecule has 4 rings (SSSR count). The number of fused-ring (bicyclic) bond motifs is 1. The molecule has 1 aromatic heterocycles. The largest absolute Gasteiger partial charge is 0.455 e. The van der Waals surface area contributed by atoms with Gasteiger partial charge in [-0.3, -0.25) is 9.59 Å². The first kappa shape index (κ1) is 21.9. The van der Waals surface area contributed by atoms with Crippen LogP contribution in [0.25, 0.3) is 11.0 Å². The van der Waals surface area contributed by atoms with Gasteiger partial charge in [-0.1, -0.05) is 65.8 Å². The van der Waals surface area contributed by atoms with Crippen LogP contribution in [-0.2, 0) is 20.9 Å². The summed E-state index contributed by atoms with van der Waals surface area (Å²) in [7, 11) is 0. The summed E-state index contributed by atoms with van der Waals surface area (Å²) in [5, 5.41) is 3.95. The van der Waals surface area contributed by atoms with E-state index < -0.39 is 11.9 Å². The number of para-hydroxylation sites is 2. The first-order valence-corrected chi connectivity index (χ1v) is 11.3. The second-order valence-corrected chi connectivity index (χ2v) is 8.34. The van der Waals surface area contributed by atoms with Gasteiger partial charge in [0.15, 0.2) is 11.8 Å². The SMILES string of the molecule is O=C(COC(=O)CSc1nc2ccccc2n1Cc1ccccc1)Nc1ccc(Cl)cc1. The lowest BCUT2D eigenvalue weighted by molar-refractivity contribution is -0.144. The fourth-order valence-corrected chi connectivity index (χ4v) is 4.06. The number of ether oxygens (including phenoxy) is 1. The van der Waals surface area contributed by atoms with E-state index >= 15 is 0 Å². The van der Waals surface area contributed by atoms with E-state index in [4.69, 9.17) is 16.3 Å². The van der Waals surface area contributed by atoms with Gasteiger partial charge in [-0.2, -0.15) is 0 Å². The van der Waals surface area contributed by atoms with Crippen molar-refractivity contribution in [2.24, 2.45) is 0 Å². The number of carbonyl (C=O) groups is 2. The Bertz CT molecular complexity index is 1230. The van der Waals surface area contributed by atoms with Crippen molar-refractivity contribution in [3.05, 3.63) is 89.4 Å². The Kier molecular flexibility index (Phi) is 7.09. The molecule has 0 saturated heterocycles. The molecule has 3 aromatic carbocycles. The zero-order valence-electron chi connectivity index (χ0n) is 17.0. The molecule has 1 heterocycles. The molecule has 6 nitrogen and oxygen atoms in total. The van der Waals surface area contributed by atoms with Gasteiger partial charge in [-0.25, -0.2) is 4.98 Å². The van der Waals surface area contributed by atoms with E-state index in [1.54, 1.807) is 24.3 Å². The van der Waals surface area contributed by atoms with Crippen molar-refractivity contribution >= 4 is 52.0 Å². The molecule has 0 unspecified atom stereocenters. The van der Waals surface area contributed by atoms with E-state index in [-0.39, 0.29) is 12.4 Å². The molecule has 0 fully saturated rings. The van der Waals surface area contributed by atoms with Crippen molar-refractivity contribution in [1.82, 2.24) is 9.55 Å². The normalized spacial score (nSPS) is 10.8. The van der Waals surface area contributed by atoms with Crippen LogP contribution in [-0.4, -0.2) is 33.8 Å². The molecular weight excluding hydrogens is 446 g/mol. The van der Waals surface area contributed by atoms with Gasteiger partial charge in [-0.05, 0) is 42.0 Å². The molecule has 162 valence electrons. The highest BCUT2D eigenvalue weighted by Crippen LogP contribution is 2.25. The molecule has 0 spiro atoms. The lowest BCUT2D eigenvalue weighted by Crippen LogP contribution is -2.21. The van der Waals surface area contributed by atoms with Gasteiger partial charge < -0.3 is 14.6 Å². The van der Waals surface area contributed by atoms with Crippen molar-refractivity contribution in [3.63, 3.8) is 0 Å². The number of imidazole rings is 1. The second-order valence-electron chi connectivity index (χ2n) is 6.96. The smallest absolute Gasteiger partial charge is 0.316 e. The molecule has 32 heavy (non-hydrogen) atoms. The molecule has 0 saturated carbocycles. The minimum absolute atomic E-state index is 0.0480. The molecule has 0 aliphatic heterocycles. The highest BCUT2D eigenvalue weighted by atomic mass is 35.5. The van der Waals surface area contributed by atoms with Crippen LogP contribution in [0.15, 0.2) is 84.0 Å². The predicted molar refractivity (Wildman–Crippen MR) is 127 cm³/mol. The number of nitrogens with zero attached hydrogens (tertiary/aromatic N) is 2. The Morgan fingerprint density at radius 3 is 2.47 bits per heavy atom. The number of hydrogen-bond donors (Lipinski definition) is 1. The number of hydrogen-bond acceptors (Lipinski definition) is 5. The van der Waals surface area contributed by atoms with Gasteiger partial charge in [0.1, 0.15) is 0 Å². The second kappa shape index (κ2) is 10.3. The zero-order chi connectivity index (χ0) is 22.3. The number of benzene rings is 3. The number of carbonyl (C=O) groups excluding carboxylic acids is 2. The topological polar surface area (TPSA) is 73.2 Å². The monoisotopic (exact) mass is 465 g/mol. The van der Waals surface area contributed by atoms with E-state index in [1.807, 2.05) is 42.5 Å². The third kappa shape index (κ3) is 5.69. The maximum absolute atomic E-state index is 12.2. The quantitative estimate of drug-likeness (QED) is 0.292. The van der Waals surface area contributed by atoms with Crippen LogP contribution in [0.1, 0.15) is 5.56 Å². The summed E-state index contributed by atoms with van der Waals surface area (Å²) in [6, 6.07) is 24.6. The number of rotatable bonds is 8. The zero-order valence-corrected chi connectivity index (χ0v) is 18.6. The fraction of sp³-hybridized carbons (Fsp3) is 0.125. The average Bonchev–Trinajstić information content (AvgIpc) is 3.16. The van der Waals surface area contributed by atoms with E-state index in [0.717, 1.165) is 21.8 Å². The number of anilines is 1.